The number of rotatable bonds is 4. The van der Waals surface area contributed by atoms with E-state index in [1.165, 1.54) is 0 Å². The van der Waals surface area contributed by atoms with Crippen molar-refractivity contribution in [1.82, 2.24) is 4.90 Å². The van der Waals surface area contributed by atoms with E-state index in [-0.39, 0.29) is 24.7 Å². The molecular weight excluding hydrogens is 206 g/mol. The van der Waals surface area contributed by atoms with Gasteiger partial charge in [0, 0.05) is 19.7 Å². The molecule has 0 aromatic rings. The van der Waals surface area contributed by atoms with Crippen LogP contribution in [-0.2, 0) is 9.53 Å². The van der Waals surface area contributed by atoms with Crippen LogP contribution in [-0.4, -0.2) is 47.8 Å². The van der Waals surface area contributed by atoms with Crippen LogP contribution in [0.3, 0.4) is 0 Å². The Kier molecular flexibility index (Phi) is 4.74. The highest BCUT2D eigenvalue weighted by Gasteiger charge is 2.26. The van der Waals surface area contributed by atoms with Crippen LogP contribution in [0.15, 0.2) is 0 Å². The van der Waals surface area contributed by atoms with Crippen molar-refractivity contribution in [3.8, 4) is 0 Å². The molecule has 1 heterocycles. The fraction of sp³-hybridized carbons (Fsp3) is 0.917. The van der Waals surface area contributed by atoms with Crippen molar-refractivity contribution in [2.45, 2.75) is 39.2 Å². The first kappa shape index (κ1) is 13.5. The van der Waals surface area contributed by atoms with Crippen molar-refractivity contribution in [1.29, 1.82) is 0 Å². The van der Waals surface area contributed by atoms with Gasteiger partial charge in [0.15, 0.2) is 0 Å². The lowest BCUT2D eigenvalue weighted by Crippen LogP contribution is -2.35. The van der Waals surface area contributed by atoms with Crippen molar-refractivity contribution in [2.75, 3.05) is 26.3 Å². The van der Waals surface area contributed by atoms with E-state index in [1.807, 2.05) is 25.7 Å². The second-order valence-corrected chi connectivity index (χ2v) is 5.41. The molecule has 16 heavy (non-hydrogen) atoms. The van der Waals surface area contributed by atoms with E-state index in [9.17, 15) is 4.79 Å². The van der Waals surface area contributed by atoms with Gasteiger partial charge in [-0.05, 0) is 39.5 Å². The van der Waals surface area contributed by atoms with Crippen LogP contribution >= 0.6 is 0 Å². The zero-order valence-electron chi connectivity index (χ0n) is 10.5. The van der Waals surface area contributed by atoms with Crippen molar-refractivity contribution in [3.05, 3.63) is 0 Å². The van der Waals surface area contributed by atoms with Gasteiger partial charge in [0.05, 0.1) is 5.60 Å². The maximum absolute atomic E-state index is 11.8. The van der Waals surface area contributed by atoms with Crippen LogP contribution in [0.2, 0.25) is 0 Å². The molecule has 1 aliphatic heterocycles. The number of carbonyl (C=O) groups is 1. The summed E-state index contributed by atoms with van der Waals surface area (Å²) in [5, 5.41) is 8.83. The Morgan fingerprint density at radius 3 is 2.75 bits per heavy atom. The number of nitrogens with zero attached hydrogens (tertiary/aromatic N) is 1. The summed E-state index contributed by atoms with van der Waals surface area (Å²) in [5.41, 5.74) is -0.264. The van der Waals surface area contributed by atoms with Crippen molar-refractivity contribution < 1.29 is 14.6 Å². The van der Waals surface area contributed by atoms with Gasteiger partial charge in [-0.1, -0.05) is 0 Å². The van der Waals surface area contributed by atoms with Gasteiger partial charge in [-0.15, -0.1) is 0 Å². The molecule has 94 valence electrons. The van der Waals surface area contributed by atoms with Gasteiger partial charge < -0.3 is 14.7 Å². The highest BCUT2D eigenvalue weighted by molar-refractivity contribution is 5.77. The number of hydrogen-bond acceptors (Lipinski definition) is 3. The number of aliphatic hydroxyl groups is 1. The number of amides is 1. The molecule has 1 saturated heterocycles. The lowest BCUT2D eigenvalue weighted by atomic mass is 10.1. The van der Waals surface area contributed by atoms with Crippen LogP contribution in [0.4, 0.5) is 0 Å². The zero-order valence-corrected chi connectivity index (χ0v) is 10.5. The number of likely N-dealkylation sites (tertiary alicyclic amines) is 1. The van der Waals surface area contributed by atoms with E-state index >= 15 is 0 Å². The van der Waals surface area contributed by atoms with Gasteiger partial charge in [0.1, 0.15) is 6.61 Å². The van der Waals surface area contributed by atoms with Crippen LogP contribution in [0, 0.1) is 5.92 Å². The molecule has 0 spiro atoms. The molecule has 1 fully saturated rings. The first-order chi connectivity index (χ1) is 7.42. The van der Waals surface area contributed by atoms with E-state index in [2.05, 4.69) is 0 Å². The Labute approximate surface area is 97.6 Å². The lowest BCUT2D eigenvalue weighted by molar-refractivity contribution is -0.140. The number of ether oxygens (including phenoxy) is 1. The summed E-state index contributed by atoms with van der Waals surface area (Å²) in [6, 6.07) is 0. The van der Waals surface area contributed by atoms with Gasteiger partial charge in [-0.2, -0.15) is 0 Å². The fourth-order valence-corrected chi connectivity index (χ4v) is 1.85. The first-order valence-corrected chi connectivity index (χ1v) is 5.95. The van der Waals surface area contributed by atoms with Gasteiger partial charge in [0.2, 0.25) is 5.91 Å². The highest BCUT2D eigenvalue weighted by atomic mass is 16.5. The standard InChI is InChI=1S/C12H23NO3/c1-12(2,3)16-9-11(15)13-6-4-10(8-13)5-7-14/h10,14H,4-9H2,1-3H3. The molecule has 0 bridgehead atoms. The van der Waals surface area contributed by atoms with Crippen molar-refractivity contribution in [3.63, 3.8) is 0 Å². The van der Waals surface area contributed by atoms with Crippen molar-refractivity contribution in [2.24, 2.45) is 5.92 Å². The Balaban J connectivity index is 2.28. The Hall–Kier alpha value is -0.610. The molecule has 4 nitrogen and oxygen atoms in total. The van der Waals surface area contributed by atoms with Gasteiger partial charge in [0.25, 0.3) is 0 Å². The molecule has 4 heteroatoms. The summed E-state index contributed by atoms with van der Waals surface area (Å²) >= 11 is 0. The third kappa shape index (κ3) is 4.49. The summed E-state index contributed by atoms with van der Waals surface area (Å²) < 4.78 is 5.46. The molecule has 1 aliphatic rings. The average molecular weight is 229 g/mol. The maximum atomic E-state index is 11.8. The summed E-state index contributed by atoms with van der Waals surface area (Å²) in [5.74, 6) is 0.527. The Bertz CT molecular complexity index is 235. The molecule has 0 aromatic heterocycles. The molecule has 0 radical (unpaired) electrons. The molecule has 1 unspecified atom stereocenters. The molecule has 0 aromatic carbocycles. The van der Waals surface area contributed by atoms with E-state index in [0.717, 1.165) is 25.9 Å². The number of aliphatic hydroxyl groups excluding tert-OH is 1. The Morgan fingerprint density at radius 1 is 1.50 bits per heavy atom. The maximum Gasteiger partial charge on any atom is 0.248 e. The minimum absolute atomic E-state index is 0.0652. The summed E-state index contributed by atoms with van der Waals surface area (Å²) in [6.45, 7) is 7.78. The largest absolute Gasteiger partial charge is 0.396 e. The van der Waals surface area contributed by atoms with Gasteiger partial charge in [-0.25, -0.2) is 0 Å². The summed E-state index contributed by atoms with van der Waals surface area (Å²) in [4.78, 5) is 13.6. The molecule has 1 amide bonds. The topological polar surface area (TPSA) is 49.8 Å². The molecular formula is C12H23NO3. The lowest BCUT2D eigenvalue weighted by Gasteiger charge is -2.22. The van der Waals surface area contributed by atoms with Gasteiger partial charge >= 0.3 is 0 Å². The van der Waals surface area contributed by atoms with Crippen LogP contribution in [0.5, 0.6) is 0 Å². The van der Waals surface area contributed by atoms with Gasteiger partial charge in [-0.3, -0.25) is 4.79 Å². The summed E-state index contributed by atoms with van der Waals surface area (Å²) in [7, 11) is 0. The quantitative estimate of drug-likeness (QED) is 0.783. The normalized spacial score (nSPS) is 21.5. The summed E-state index contributed by atoms with van der Waals surface area (Å²) in [6.07, 6.45) is 1.80. The third-order valence-corrected chi connectivity index (χ3v) is 2.80. The number of carbonyl (C=O) groups excluding carboxylic acids is 1. The van der Waals surface area contributed by atoms with E-state index in [0.29, 0.717) is 5.92 Å². The number of hydrogen-bond donors (Lipinski definition) is 1. The molecule has 0 aliphatic carbocycles. The second kappa shape index (κ2) is 5.64. The predicted molar refractivity (Wildman–Crippen MR) is 62.1 cm³/mol. The van der Waals surface area contributed by atoms with E-state index in [1.54, 1.807) is 0 Å². The fourth-order valence-electron chi connectivity index (χ4n) is 1.85. The zero-order chi connectivity index (χ0) is 12.2. The monoisotopic (exact) mass is 229 g/mol. The van der Waals surface area contributed by atoms with E-state index in [4.69, 9.17) is 9.84 Å². The highest BCUT2D eigenvalue weighted by Crippen LogP contribution is 2.19. The Morgan fingerprint density at radius 2 is 2.19 bits per heavy atom. The SMILES string of the molecule is CC(C)(C)OCC(=O)N1CCC(CCO)C1. The smallest absolute Gasteiger partial charge is 0.248 e. The molecule has 1 N–H and O–H groups in total. The minimum atomic E-state index is -0.264. The molecule has 1 rings (SSSR count). The van der Waals surface area contributed by atoms with Crippen LogP contribution < -0.4 is 0 Å². The minimum Gasteiger partial charge on any atom is -0.396 e. The van der Waals surface area contributed by atoms with Crippen LogP contribution in [0.1, 0.15) is 33.6 Å². The first-order valence-electron chi connectivity index (χ1n) is 5.95. The molecule has 1 atom stereocenters. The van der Waals surface area contributed by atoms with E-state index < -0.39 is 0 Å². The molecule has 0 saturated carbocycles. The third-order valence-electron chi connectivity index (χ3n) is 2.80. The predicted octanol–water partition coefficient (Wildman–Crippen LogP) is 1.03. The average Bonchev–Trinajstić information content (AvgIpc) is 2.62. The second-order valence-electron chi connectivity index (χ2n) is 5.41. The van der Waals surface area contributed by atoms with Crippen molar-refractivity contribution >= 4 is 5.91 Å². The van der Waals surface area contributed by atoms with Crippen LogP contribution in [0.25, 0.3) is 0 Å².